The zero-order chi connectivity index (χ0) is 25.9. The summed E-state index contributed by atoms with van der Waals surface area (Å²) in [5.74, 6) is 0.201. The lowest BCUT2D eigenvalue weighted by Crippen LogP contribution is -2.55. The van der Waals surface area contributed by atoms with Crippen LogP contribution in [0.5, 0.6) is 0 Å². The molecule has 35 heavy (non-hydrogen) atoms. The van der Waals surface area contributed by atoms with Crippen LogP contribution in [-0.4, -0.2) is 33.5 Å². The molecule has 190 valence electrons. The Labute approximate surface area is 219 Å². The highest BCUT2D eigenvalue weighted by Crippen LogP contribution is 2.45. The van der Waals surface area contributed by atoms with E-state index in [0.717, 1.165) is 28.9 Å². The van der Waals surface area contributed by atoms with Crippen molar-refractivity contribution in [3.63, 3.8) is 0 Å². The van der Waals surface area contributed by atoms with Gasteiger partial charge >= 0.3 is 0 Å². The Balaban J connectivity index is 2.20. The predicted molar refractivity (Wildman–Crippen MR) is 146 cm³/mol. The number of morpholine rings is 1. The number of carbonyl (C=O) groups excluding carboxylic acids is 1. The average molecular weight is 518 g/mol. The number of amides is 1. The quantitative estimate of drug-likeness (QED) is 0.332. The van der Waals surface area contributed by atoms with Gasteiger partial charge in [0, 0.05) is 23.0 Å². The van der Waals surface area contributed by atoms with Crippen molar-refractivity contribution in [2.45, 2.75) is 83.4 Å². The largest absolute Gasteiger partial charge is 0.358 e. The van der Waals surface area contributed by atoms with Crippen LogP contribution in [0.1, 0.15) is 74.9 Å². The first-order valence-electron chi connectivity index (χ1n) is 12.2. The van der Waals surface area contributed by atoms with Gasteiger partial charge in [-0.1, -0.05) is 80.8 Å². The maximum Gasteiger partial charge on any atom is 0.252 e. The van der Waals surface area contributed by atoms with Crippen molar-refractivity contribution >= 4 is 29.3 Å². The summed E-state index contributed by atoms with van der Waals surface area (Å²) >= 11 is 7.86. The van der Waals surface area contributed by atoms with Crippen LogP contribution in [0.25, 0.3) is 0 Å². The number of hydrogen-bond acceptors (Lipinski definition) is 3. The second kappa shape index (κ2) is 11.5. The third-order valence-electron chi connectivity index (χ3n) is 6.24. The monoisotopic (exact) mass is 517 g/mol. The van der Waals surface area contributed by atoms with E-state index in [0.29, 0.717) is 12.0 Å². The molecule has 0 bridgehead atoms. The number of nitrogens with zero attached hydrogens (tertiary/aromatic N) is 1. The molecule has 0 N–H and O–H groups in total. The summed E-state index contributed by atoms with van der Waals surface area (Å²) in [5.41, 5.74) is 3.89. The fraction of sp³-hybridized carbons (Fsp3) is 0.483. The second-order valence-corrected chi connectivity index (χ2v) is 12.6. The first-order valence-corrected chi connectivity index (χ1v) is 13.6. The summed E-state index contributed by atoms with van der Waals surface area (Å²) in [6.45, 7) is 16.6. The van der Waals surface area contributed by atoms with Crippen LogP contribution in [0.15, 0.2) is 49.1 Å². The number of carbonyl (C=O) groups is 1. The van der Waals surface area contributed by atoms with E-state index in [1.807, 2.05) is 22.7 Å². The van der Waals surface area contributed by atoms with E-state index >= 15 is 0 Å². The molecular formula is C29H37ClFNO2S. The van der Waals surface area contributed by atoms with E-state index in [4.69, 9.17) is 16.3 Å². The van der Waals surface area contributed by atoms with Crippen LogP contribution in [0.2, 0.25) is 5.02 Å². The van der Waals surface area contributed by atoms with Gasteiger partial charge in [0.2, 0.25) is 0 Å². The van der Waals surface area contributed by atoms with E-state index in [1.54, 1.807) is 12.1 Å². The topological polar surface area (TPSA) is 29.5 Å². The Morgan fingerprint density at radius 1 is 1.17 bits per heavy atom. The SMILES string of the molecule is C=CCC1OC(c2cc(C)cc(C)c2)C(c2ccc(Cl)c(F)c2)N(C(CC)CSC(C)(C)C)C1=O. The molecule has 1 amide bonds. The Morgan fingerprint density at radius 3 is 2.37 bits per heavy atom. The van der Waals surface area contributed by atoms with Gasteiger partial charge in [-0.15, -0.1) is 6.58 Å². The van der Waals surface area contributed by atoms with Crippen molar-refractivity contribution in [3.8, 4) is 0 Å². The molecule has 2 aromatic carbocycles. The van der Waals surface area contributed by atoms with Gasteiger partial charge in [0.05, 0.1) is 11.1 Å². The molecule has 0 aliphatic carbocycles. The van der Waals surface area contributed by atoms with Gasteiger partial charge in [-0.3, -0.25) is 4.79 Å². The highest BCUT2D eigenvalue weighted by molar-refractivity contribution is 8.00. The summed E-state index contributed by atoms with van der Waals surface area (Å²) in [5, 5.41) is 0.0613. The van der Waals surface area contributed by atoms with Gasteiger partial charge in [0.15, 0.2) is 0 Å². The zero-order valence-corrected chi connectivity index (χ0v) is 23.2. The molecule has 4 atom stereocenters. The molecule has 2 aromatic rings. The maximum atomic E-state index is 14.7. The molecular weight excluding hydrogens is 481 g/mol. The molecule has 0 saturated carbocycles. The lowest BCUT2D eigenvalue weighted by atomic mass is 9.88. The van der Waals surface area contributed by atoms with Crippen LogP contribution in [0.4, 0.5) is 4.39 Å². The van der Waals surface area contributed by atoms with Crippen LogP contribution in [0, 0.1) is 19.7 Å². The lowest BCUT2D eigenvalue weighted by Gasteiger charge is -2.48. The highest BCUT2D eigenvalue weighted by atomic mass is 35.5. The first-order chi connectivity index (χ1) is 16.4. The number of thioether (sulfide) groups is 1. The number of hydrogen-bond donors (Lipinski definition) is 0. The van der Waals surface area contributed by atoms with E-state index in [-0.39, 0.29) is 21.7 Å². The van der Waals surface area contributed by atoms with Gasteiger partial charge in [0.1, 0.15) is 18.0 Å². The van der Waals surface area contributed by atoms with Crippen molar-refractivity contribution in [1.29, 1.82) is 0 Å². The minimum Gasteiger partial charge on any atom is -0.358 e. The Hall–Kier alpha value is -1.82. The predicted octanol–water partition coefficient (Wildman–Crippen LogP) is 7.99. The number of aryl methyl sites for hydroxylation is 2. The minimum absolute atomic E-state index is 0.0416. The van der Waals surface area contributed by atoms with E-state index in [2.05, 4.69) is 66.3 Å². The number of ether oxygens (including phenoxy) is 1. The Kier molecular flexibility index (Phi) is 9.11. The third kappa shape index (κ3) is 6.69. The van der Waals surface area contributed by atoms with E-state index < -0.39 is 24.1 Å². The summed E-state index contributed by atoms with van der Waals surface area (Å²) in [4.78, 5) is 15.9. The molecule has 0 spiro atoms. The number of rotatable bonds is 8. The molecule has 1 saturated heterocycles. The van der Waals surface area contributed by atoms with Crippen LogP contribution in [0.3, 0.4) is 0 Å². The van der Waals surface area contributed by atoms with Gasteiger partial charge in [0.25, 0.3) is 5.91 Å². The molecule has 3 nitrogen and oxygen atoms in total. The van der Waals surface area contributed by atoms with Crippen LogP contribution >= 0.6 is 23.4 Å². The summed E-state index contributed by atoms with van der Waals surface area (Å²) in [6, 6.07) is 10.6. The molecule has 4 unspecified atom stereocenters. The first kappa shape index (κ1) is 27.8. The van der Waals surface area contributed by atoms with Gasteiger partial charge < -0.3 is 9.64 Å². The standard InChI is InChI=1S/C29H37ClFNO2S/c1-8-10-25-28(33)32(22(9-2)17-35-29(5,6)7)26(20-11-12-23(30)24(31)16-20)27(34-25)21-14-18(3)13-19(4)15-21/h8,11-16,22,25-27H,1,9-10,17H2,2-7H3. The Bertz CT molecular complexity index is 1050. The zero-order valence-electron chi connectivity index (χ0n) is 21.6. The minimum atomic E-state index is -0.639. The summed E-state index contributed by atoms with van der Waals surface area (Å²) in [6.07, 6.45) is 1.83. The smallest absolute Gasteiger partial charge is 0.252 e. The van der Waals surface area contributed by atoms with Crippen LogP contribution in [-0.2, 0) is 9.53 Å². The Morgan fingerprint density at radius 2 is 1.83 bits per heavy atom. The lowest BCUT2D eigenvalue weighted by molar-refractivity contribution is -0.178. The molecule has 0 aromatic heterocycles. The summed E-state index contributed by atoms with van der Waals surface area (Å²) in [7, 11) is 0. The molecule has 1 aliphatic heterocycles. The molecule has 6 heteroatoms. The van der Waals surface area contributed by atoms with E-state index in [9.17, 15) is 9.18 Å². The second-order valence-electron chi connectivity index (χ2n) is 10.3. The summed E-state index contributed by atoms with van der Waals surface area (Å²) < 4.78 is 21.3. The molecule has 3 rings (SSSR count). The highest BCUT2D eigenvalue weighted by Gasteiger charge is 2.46. The molecule has 1 fully saturated rings. The van der Waals surface area contributed by atoms with Crippen molar-refractivity contribution in [2.24, 2.45) is 0 Å². The van der Waals surface area contributed by atoms with Crippen LogP contribution < -0.4 is 0 Å². The fourth-order valence-corrected chi connectivity index (χ4v) is 5.89. The third-order valence-corrected chi connectivity index (χ3v) is 7.96. The van der Waals surface area contributed by atoms with E-state index in [1.165, 1.54) is 6.07 Å². The maximum absolute atomic E-state index is 14.7. The number of halogens is 2. The van der Waals surface area contributed by atoms with Gasteiger partial charge in [-0.05, 0) is 43.5 Å². The van der Waals surface area contributed by atoms with Crippen molar-refractivity contribution in [3.05, 3.63) is 82.1 Å². The van der Waals surface area contributed by atoms with Gasteiger partial charge in [-0.25, -0.2) is 4.39 Å². The van der Waals surface area contributed by atoms with Crippen molar-refractivity contribution < 1.29 is 13.9 Å². The molecule has 0 radical (unpaired) electrons. The van der Waals surface area contributed by atoms with Crippen molar-refractivity contribution in [2.75, 3.05) is 5.75 Å². The normalized spacial score (nSPS) is 21.8. The van der Waals surface area contributed by atoms with Gasteiger partial charge in [-0.2, -0.15) is 11.8 Å². The average Bonchev–Trinajstić information content (AvgIpc) is 2.77. The number of benzene rings is 2. The van der Waals surface area contributed by atoms with Crippen molar-refractivity contribution in [1.82, 2.24) is 4.90 Å². The fourth-order valence-electron chi connectivity index (χ4n) is 4.68. The molecule has 1 heterocycles. The molecule has 1 aliphatic rings.